The summed E-state index contributed by atoms with van der Waals surface area (Å²) < 4.78 is 53.9. The standard InChI is InChI=1S/C120H130O8/c1-11-21-29-39-81-121-113-89(19-9)49-63-101(117(113)125-85-43-33-25-15-5)65-55-91-51-59-95-75-79-107-93(53-61-97-73-77-105(91)109(95)111(97)107)57-67-103-71-69-99(115(123-83-41-31-23-13-3)119(103)127-87-45-35-27-17-7)47-37-38-48-100-70-72-104(120(128-88-46-36-28-18-8)116(100)124-84-42-32-24-14-4)68-58-94-54-62-98-74-78-106-92(52-60-96-76-80-108(94)112(98)110(96)106)56-66-102-64-50-90(20-10)114(122-82-40-30-22-12-2)118(102)126-86-44-34-26-16-6/h9-10,49-54,59-64,69-80H,11-18,21-36,39-46,81-88H2,1-8H3. The lowest BCUT2D eigenvalue weighted by molar-refractivity contribution is 0.258. The van der Waals surface area contributed by atoms with Gasteiger partial charge < -0.3 is 37.9 Å². The van der Waals surface area contributed by atoms with Gasteiger partial charge in [-0.05, 0) is 212 Å². The van der Waals surface area contributed by atoms with E-state index >= 15 is 0 Å². The quantitative estimate of drug-likeness (QED) is 0.0212. The Kier molecular flexibility index (Phi) is 38.0. The van der Waals surface area contributed by atoms with Gasteiger partial charge in [-0.15, -0.1) is 12.8 Å². The van der Waals surface area contributed by atoms with Gasteiger partial charge in [-0.3, -0.25) is 0 Å². The molecule has 12 rings (SSSR count). The summed E-state index contributed by atoms with van der Waals surface area (Å²) in [7, 11) is 0. The lowest BCUT2D eigenvalue weighted by Crippen LogP contribution is -2.06. The molecule has 8 heteroatoms. The van der Waals surface area contributed by atoms with Gasteiger partial charge in [0.25, 0.3) is 0 Å². The molecule has 658 valence electrons. The minimum atomic E-state index is 0.494. The third-order valence-corrected chi connectivity index (χ3v) is 23.8. The molecule has 0 saturated heterocycles. The lowest BCUT2D eigenvalue weighted by Gasteiger charge is -2.17. The van der Waals surface area contributed by atoms with Crippen LogP contribution in [0.4, 0.5) is 0 Å². The molecule has 0 aliphatic heterocycles. The highest BCUT2D eigenvalue weighted by molar-refractivity contribution is 6.26. The van der Waals surface area contributed by atoms with Gasteiger partial charge in [0.15, 0.2) is 46.0 Å². The summed E-state index contributed by atoms with van der Waals surface area (Å²) in [5.41, 5.74) is 9.27. The van der Waals surface area contributed by atoms with Crippen molar-refractivity contribution in [3.63, 3.8) is 0 Å². The van der Waals surface area contributed by atoms with Crippen molar-refractivity contribution in [2.24, 2.45) is 0 Å². The highest BCUT2D eigenvalue weighted by Crippen LogP contribution is 2.44. The molecule has 0 unspecified atom stereocenters. The molecule has 0 atom stereocenters. The molecule has 0 bridgehead atoms. The molecule has 8 nitrogen and oxygen atoms in total. The molecular formula is C120H130O8. The van der Waals surface area contributed by atoms with Crippen LogP contribution in [0.2, 0.25) is 0 Å². The summed E-state index contributed by atoms with van der Waals surface area (Å²) in [5.74, 6) is 52.9. The van der Waals surface area contributed by atoms with Gasteiger partial charge in [-0.2, -0.15) is 0 Å². The third-order valence-electron chi connectivity index (χ3n) is 23.8. The number of hydrogen-bond acceptors (Lipinski definition) is 8. The maximum absolute atomic E-state index is 6.93. The van der Waals surface area contributed by atoms with Crippen LogP contribution >= 0.6 is 0 Å². The number of benzene rings is 12. The molecule has 0 aliphatic rings. The smallest absolute Gasteiger partial charge is 0.178 e. The molecule has 0 aliphatic carbocycles. The van der Waals surface area contributed by atoms with Gasteiger partial charge in [-0.25, -0.2) is 0 Å². The Labute approximate surface area is 765 Å². The van der Waals surface area contributed by atoms with Crippen LogP contribution in [0.5, 0.6) is 46.0 Å². The van der Waals surface area contributed by atoms with E-state index in [1.54, 1.807) is 0 Å². The molecule has 0 N–H and O–H groups in total. The minimum Gasteiger partial charge on any atom is -0.488 e. The largest absolute Gasteiger partial charge is 0.488 e. The van der Waals surface area contributed by atoms with Crippen molar-refractivity contribution in [2.45, 2.75) is 261 Å². The highest BCUT2D eigenvalue weighted by atomic mass is 16.5. The molecule has 0 heterocycles. The molecule has 12 aromatic carbocycles. The summed E-state index contributed by atoms with van der Waals surface area (Å²) in [6.45, 7) is 22.0. The second kappa shape index (κ2) is 51.4. The zero-order valence-corrected chi connectivity index (χ0v) is 77.6. The summed E-state index contributed by atoms with van der Waals surface area (Å²) in [5, 5.41) is 13.3. The molecule has 128 heavy (non-hydrogen) atoms. The zero-order chi connectivity index (χ0) is 89.3. The van der Waals surface area contributed by atoms with E-state index in [0.29, 0.717) is 121 Å². The molecule has 12 aromatic rings. The second-order valence-electron chi connectivity index (χ2n) is 33.6. The van der Waals surface area contributed by atoms with Crippen LogP contribution in [-0.4, -0.2) is 52.9 Å². The Hall–Kier alpha value is -12.4. The highest BCUT2D eigenvalue weighted by Gasteiger charge is 2.23. The first-order valence-corrected chi connectivity index (χ1v) is 48.4. The summed E-state index contributed by atoms with van der Waals surface area (Å²) in [6, 6.07) is 50.8. The van der Waals surface area contributed by atoms with Gasteiger partial charge in [0.2, 0.25) is 0 Å². The Balaban J connectivity index is 0.895. The number of rotatable bonds is 48. The van der Waals surface area contributed by atoms with Crippen molar-refractivity contribution in [1.29, 1.82) is 0 Å². The molecule has 0 saturated carbocycles. The van der Waals surface area contributed by atoms with Crippen molar-refractivity contribution in [3.05, 3.63) is 212 Å². The minimum absolute atomic E-state index is 0.494. The fourth-order valence-electron chi connectivity index (χ4n) is 16.6. The van der Waals surface area contributed by atoms with Crippen LogP contribution < -0.4 is 37.9 Å². The number of unbranched alkanes of at least 4 members (excludes halogenated alkanes) is 24. The summed E-state index contributed by atoms with van der Waals surface area (Å²) in [4.78, 5) is 0. The number of ether oxygens (including phenoxy) is 8. The van der Waals surface area contributed by atoms with E-state index in [-0.39, 0.29) is 0 Å². The molecule has 0 aromatic heterocycles. The third kappa shape index (κ3) is 25.3. The number of terminal acetylenes is 2. The topological polar surface area (TPSA) is 73.8 Å². The van der Waals surface area contributed by atoms with Crippen molar-refractivity contribution in [1.82, 2.24) is 0 Å². The fourth-order valence-corrected chi connectivity index (χ4v) is 16.6. The summed E-state index contributed by atoms with van der Waals surface area (Å²) in [6.07, 6.45) is 46.2. The fraction of sp³-hybridized carbons (Fsp3) is 0.400. The van der Waals surface area contributed by atoms with Crippen LogP contribution in [0.25, 0.3) is 64.6 Å². The predicted octanol–water partition coefficient (Wildman–Crippen LogP) is 30.1. The van der Waals surface area contributed by atoms with Gasteiger partial charge in [0, 0.05) is 22.3 Å². The second-order valence-corrected chi connectivity index (χ2v) is 33.6. The molecule has 0 radical (unpaired) electrons. The van der Waals surface area contributed by atoms with E-state index < -0.39 is 0 Å². The Morgan fingerprint density at radius 1 is 0.172 bits per heavy atom. The Bertz CT molecular complexity index is 5810. The van der Waals surface area contributed by atoms with Gasteiger partial charge in [-0.1, -0.05) is 341 Å². The van der Waals surface area contributed by atoms with Crippen LogP contribution in [0.15, 0.2) is 146 Å². The van der Waals surface area contributed by atoms with Crippen LogP contribution in [0.1, 0.15) is 328 Å². The van der Waals surface area contributed by atoms with E-state index in [9.17, 15) is 0 Å². The van der Waals surface area contributed by atoms with Gasteiger partial charge >= 0.3 is 0 Å². The molecule has 0 spiro atoms. The normalized spacial score (nSPS) is 10.9. The first kappa shape index (κ1) is 94.7. The van der Waals surface area contributed by atoms with Gasteiger partial charge in [0.1, 0.15) is 0 Å². The molecule has 0 fully saturated rings. The molecule has 0 amide bonds. The summed E-state index contributed by atoms with van der Waals surface area (Å²) >= 11 is 0. The predicted molar refractivity (Wildman–Crippen MR) is 537 cm³/mol. The van der Waals surface area contributed by atoms with Crippen LogP contribution in [-0.2, 0) is 0 Å². The Morgan fingerprint density at radius 2 is 0.328 bits per heavy atom. The van der Waals surface area contributed by atoms with E-state index in [1.165, 1.54) is 0 Å². The van der Waals surface area contributed by atoms with Crippen molar-refractivity contribution in [3.8, 4) is 142 Å². The van der Waals surface area contributed by atoms with E-state index in [4.69, 9.17) is 50.7 Å². The van der Waals surface area contributed by atoms with Crippen molar-refractivity contribution < 1.29 is 37.9 Å². The van der Waals surface area contributed by atoms with E-state index in [1.807, 2.05) is 48.5 Å². The maximum Gasteiger partial charge on any atom is 0.178 e. The van der Waals surface area contributed by atoms with Crippen molar-refractivity contribution >= 4 is 64.6 Å². The van der Waals surface area contributed by atoms with Gasteiger partial charge in [0.05, 0.1) is 97.4 Å². The van der Waals surface area contributed by atoms with Crippen LogP contribution in [0.3, 0.4) is 0 Å². The first-order valence-electron chi connectivity index (χ1n) is 48.4. The van der Waals surface area contributed by atoms with Crippen LogP contribution in [0, 0.1) is 95.7 Å². The van der Waals surface area contributed by atoms with E-state index in [2.05, 4.69) is 235 Å². The molecular weight excluding hydrogens is 1570 g/mol. The maximum atomic E-state index is 6.93. The van der Waals surface area contributed by atoms with E-state index in [0.717, 1.165) is 315 Å². The first-order chi connectivity index (χ1) is 63.2. The van der Waals surface area contributed by atoms with Crippen molar-refractivity contribution in [2.75, 3.05) is 52.9 Å². The average Bonchev–Trinajstić information content (AvgIpc) is 0.736. The SMILES string of the molecule is C#Cc1ccc(C#Cc2ccc3ccc4c(C#Cc5ccc(C#CC#Cc6ccc(C#Cc7ccc8ccc9c(C#Cc%10ccc(C#C)c(OCCCCCC)c%10OCCCCCC)ccc%10ccc7c8c%109)c(OCCCCCC)c6OCCCCCC)c(OCCCCCC)c5OCCCCCC)ccc5ccc2c3c54)c(OCCCCCC)c1OCCCCCC. The number of hydrogen-bond donors (Lipinski definition) is 0. The monoisotopic (exact) mass is 1700 g/mol. The lowest BCUT2D eigenvalue weighted by atomic mass is 9.90. The average molecular weight is 1700 g/mol. The Morgan fingerprint density at radius 3 is 0.516 bits per heavy atom. The zero-order valence-electron chi connectivity index (χ0n) is 77.6.